The van der Waals surface area contributed by atoms with E-state index >= 15 is 0 Å². The average molecular weight is 403 g/mol. The normalized spacial score (nSPS) is 11.0. The van der Waals surface area contributed by atoms with Gasteiger partial charge >= 0.3 is 0 Å². The molecule has 1 N–H and O–H groups in total. The molecular weight excluding hydrogens is 381 g/mol. The smallest absolute Gasteiger partial charge is 0.163 e. The maximum Gasteiger partial charge on any atom is 0.163 e. The van der Waals surface area contributed by atoms with Crippen molar-refractivity contribution in [3.8, 4) is 11.5 Å². The Hall–Kier alpha value is -1.13. The van der Waals surface area contributed by atoms with Gasteiger partial charge in [0.1, 0.15) is 0 Å². The third-order valence-electron chi connectivity index (χ3n) is 3.60. The molecule has 0 unspecified atom stereocenters. The summed E-state index contributed by atoms with van der Waals surface area (Å²) in [5, 5.41) is 5.35. The van der Waals surface area contributed by atoms with E-state index in [0.29, 0.717) is 33.1 Å². The van der Waals surface area contributed by atoms with E-state index in [1.807, 2.05) is 32.0 Å². The first kappa shape index (κ1) is 20.2. The zero-order valence-corrected chi connectivity index (χ0v) is 16.8. The summed E-state index contributed by atoms with van der Waals surface area (Å²) in [6.45, 7) is 5.32. The van der Waals surface area contributed by atoms with E-state index in [1.165, 1.54) is 0 Å². The Labute approximate surface area is 164 Å². The Morgan fingerprint density at radius 1 is 0.960 bits per heavy atom. The van der Waals surface area contributed by atoms with Crippen LogP contribution in [0.5, 0.6) is 11.5 Å². The zero-order chi connectivity index (χ0) is 18.4. The molecule has 3 nitrogen and oxygen atoms in total. The minimum Gasteiger partial charge on any atom is -0.493 e. The monoisotopic (exact) mass is 401 g/mol. The van der Waals surface area contributed by atoms with Crippen LogP contribution in [0.1, 0.15) is 25.0 Å². The highest BCUT2D eigenvalue weighted by molar-refractivity contribution is 6.35. The molecule has 0 atom stereocenters. The molecule has 0 saturated heterocycles. The van der Waals surface area contributed by atoms with E-state index in [1.54, 1.807) is 19.2 Å². The Morgan fingerprint density at radius 3 is 2.32 bits per heavy atom. The van der Waals surface area contributed by atoms with Crippen molar-refractivity contribution in [1.29, 1.82) is 0 Å². The molecule has 0 amide bonds. The van der Waals surface area contributed by atoms with Gasteiger partial charge in [-0.3, -0.25) is 0 Å². The van der Waals surface area contributed by atoms with Crippen molar-refractivity contribution in [2.24, 2.45) is 0 Å². The minimum absolute atomic E-state index is 0.0538. The predicted molar refractivity (Wildman–Crippen MR) is 106 cm³/mol. The van der Waals surface area contributed by atoms with Crippen LogP contribution in [0.25, 0.3) is 0 Å². The standard InChI is InChI=1S/C19H22Cl3NO2/c1-12(2)25-19-10-17(22)14(8-18(19)24-3)11-23-7-6-13-4-5-15(20)9-16(13)21/h4-5,8-10,12,23H,6-7,11H2,1-3H3. The van der Waals surface area contributed by atoms with Gasteiger partial charge in [0.2, 0.25) is 0 Å². The lowest BCUT2D eigenvalue weighted by atomic mass is 10.1. The highest BCUT2D eigenvalue weighted by atomic mass is 35.5. The van der Waals surface area contributed by atoms with Crippen molar-refractivity contribution in [3.63, 3.8) is 0 Å². The van der Waals surface area contributed by atoms with Crippen molar-refractivity contribution in [1.82, 2.24) is 5.32 Å². The molecule has 136 valence electrons. The van der Waals surface area contributed by atoms with Gasteiger partial charge in [-0.25, -0.2) is 0 Å². The van der Waals surface area contributed by atoms with Crippen LogP contribution in [0, 0.1) is 0 Å². The SMILES string of the molecule is COc1cc(CNCCc2ccc(Cl)cc2Cl)c(Cl)cc1OC(C)C. The maximum absolute atomic E-state index is 6.37. The molecule has 0 radical (unpaired) electrons. The van der Waals surface area contributed by atoms with Crippen molar-refractivity contribution in [3.05, 3.63) is 56.5 Å². The highest BCUT2D eigenvalue weighted by Crippen LogP contribution is 2.34. The van der Waals surface area contributed by atoms with E-state index in [0.717, 1.165) is 24.1 Å². The molecule has 0 aliphatic heterocycles. The summed E-state index contributed by atoms with van der Waals surface area (Å²) in [4.78, 5) is 0. The fourth-order valence-corrected chi connectivity index (χ4v) is 3.11. The summed E-state index contributed by atoms with van der Waals surface area (Å²) in [5.74, 6) is 1.33. The highest BCUT2D eigenvalue weighted by Gasteiger charge is 2.12. The van der Waals surface area contributed by atoms with Gasteiger partial charge in [0, 0.05) is 27.7 Å². The lowest BCUT2D eigenvalue weighted by Gasteiger charge is -2.16. The van der Waals surface area contributed by atoms with E-state index in [-0.39, 0.29) is 6.10 Å². The molecule has 0 bridgehead atoms. The largest absolute Gasteiger partial charge is 0.493 e. The van der Waals surface area contributed by atoms with Gasteiger partial charge in [0.05, 0.1) is 13.2 Å². The molecule has 0 saturated carbocycles. The number of nitrogens with one attached hydrogen (secondary N) is 1. The lowest BCUT2D eigenvalue weighted by molar-refractivity contribution is 0.230. The summed E-state index contributed by atoms with van der Waals surface area (Å²) < 4.78 is 11.1. The summed E-state index contributed by atoms with van der Waals surface area (Å²) in [6, 6.07) is 9.25. The van der Waals surface area contributed by atoms with Crippen LogP contribution in [0.3, 0.4) is 0 Å². The van der Waals surface area contributed by atoms with Crippen LogP contribution in [0.4, 0.5) is 0 Å². The van der Waals surface area contributed by atoms with Gasteiger partial charge in [0.15, 0.2) is 11.5 Å². The van der Waals surface area contributed by atoms with E-state index in [4.69, 9.17) is 44.3 Å². The van der Waals surface area contributed by atoms with Crippen LogP contribution in [-0.2, 0) is 13.0 Å². The van der Waals surface area contributed by atoms with Gasteiger partial charge in [-0.05, 0) is 56.1 Å². The van der Waals surface area contributed by atoms with E-state index in [2.05, 4.69) is 5.32 Å². The molecule has 0 fully saturated rings. The van der Waals surface area contributed by atoms with Gasteiger partial charge < -0.3 is 14.8 Å². The number of hydrogen-bond donors (Lipinski definition) is 1. The van der Waals surface area contributed by atoms with Crippen LogP contribution in [0.15, 0.2) is 30.3 Å². The van der Waals surface area contributed by atoms with Crippen molar-refractivity contribution < 1.29 is 9.47 Å². The van der Waals surface area contributed by atoms with Gasteiger partial charge in [-0.15, -0.1) is 0 Å². The lowest BCUT2D eigenvalue weighted by Crippen LogP contribution is -2.17. The molecule has 2 aromatic carbocycles. The summed E-state index contributed by atoms with van der Waals surface area (Å²) in [7, 11) is 1.62. The molecule has 0 aromatic heterocycles. The molecule has 25 heavy (non-hydrogen) atoms. The Bertz CT molecular complexity index is 720. The van der Waals surface area contributed by atoms with Crippen molar-refractivity contribution in [2.45, 2.75) is 32.9 Å². The van der Waals surface area contributed by atoms with Crippen LogP contribution in [0.2, 0.25) is 15.1 Å². The van der Waals surface area contributed by atoms with Gasteiger partial charge in [-0.1, -0.05) is 40.9 Å². The van der Waals surface area contributed by atoms with E-state index in [9.17, 15) is 0 Å². The summed E-state index contributed by atoms with van der Waals surface area (Å²) in [5.41, 5.74) is 2.01. The van der Waals surface area contributed by atoms with Crippen LogP contribution in [-0.4, -0.2) is 19.8 Å². The van der Waals surface area contributed by atoms with Gasteiger partial charge in [0.25, 0.3) is 0 Å². The first-order chi connectivity index (χ1) is 11.9. The fraction of sp³-hybridized carbons (Fsp3) is 0.368. The molecule has 2 rings (SSSR count). The van der Waals surface area contributed by atoms with Crippen molar-refractivity contribution in [2.75, 3.05) is 13.7 Å². The van der Waals surface area contributed by atoms with Crippen LogP contribution < -0.4 is 14.8 Å². The molecular formula is C19H22Cl3NO2. The number of methoxy groups -OCH3 is 1. The Balaban J connectivity index is 1.96. The average Bonchev–Trinajstić information content (AvgIpc) is 2.54. The molecule has 0 spiro atoms. The number of halogens is 3. The number of rotatable bonds is 8. The number of benzene rings is 2. The summed E-state index contributed by atoms with van der Waals surface area (Å²) >= 11 is 18.5. The second kappa shape index (κ2) is 9.54. The zero-order valence-electron chi connectivity index (χ0n) is 14.5. The second-order valence-corrected chi connectivity index (χ2v) is 7.17. The molecule has 0 heterocycles. The number of ether oxygens (including phenoxy) is 2. The quantitative estimate of drug-likeness (QED) is 0.568. The predicted octanol–water partition coefficient (Wildman–Crippen LogP) is 5.77. The first-order valence-corrected chi connectivity index (χ1v) is 9.21. The first-order valence-electron chi connectivity index (χ1n) is 8.08. The molecule has 6 heteroatoms. The topological polar surface area (TPSA) is 30.5 Å². The molecule has 0 aliphatic carbocycles. The number of hydrogen-bond acceptors (Lipinski definition) is 3. The Morgan fingerprint density at radius 2 is 1.68 bits per heavy atom. The van der Waals surface area contributed by atoms with Gasteiger partial charge in [-0.2, -0.15) is 0 Å². The maximum atomic E-state index is 6.37. The van der Waals surface area contributed by atoms with Crippen molar-refractivity contribution >= 4 is 34.8 Å². The molecule has 0 aliphatic rings. The fourth-order valence-electron chi connectivity index (χ4n) is 2.39. The molecule has 2 aromatic rings. The van der Waals surface area contributed by atoms with Crippen LogP contribution >= 0.6 is 34.8 Å². The second-order valence-electron chi connectivity index (χ2n) is 5.92. The summed E-state index contributed by atoms with van der Waals surface area (Å²) in [6.07, 6.45) is 0.859. The third-order valence-corrected chi connectivity index (χ3v) is 4.54. The Kier molecular flexibility index (Phi) is 7.70. The minimum atomic E-state index is 0.0538. The third kappa shape index (κ3) is 5.96. The van der Waals surface area contributed by atoms with E-state index < -0.39 is 0 Å².